The maximum atomic E-state index is 18.0. The van der Waals surface area contributed by atoms with Crippen LogP contribution in [-0.4, -0.2) is 112 Å². The first kappa shape index (κ1) is 53.8. The number of amides is 2. The van der Waals surface area contributed by atoms with Crippen LogP contribution in [0.25, 0.3) is 22.3 Å². The number of carbonyl (C=O) groups is 2. The van der Waals surface area contributed by atoms with E-state index in [1.807, 2.05) is 97.1 Å². The molecule has 0 radical (unpaired) electrons. The molecule has 4 aromatic heterocycles. The molecule has 2 aliphatic rings. The fourth-order valence-electron chi connectivity index (χ4n) is 9.91. The summed E-state index contributed by atoms with van der Waals surface area (Å²) in [6.07, 6.45) is -7.91. The topological polar surface area (TPSA) is 250 Å². The van der Waals surface area contributed by atoms with Crippen LogP contribution in [0.2, 0.25) is 0 Å². The highest BCUT2D eigenvalue weighted by atomic mass is 32.5. The van der Waals surface area contributed by atoms with Gasteiger partial charge in [0.1, 0.15) is 37.1 Å². The molecule has 5 aromatic carbocycles. The number of rotatable bonds is 20. The monoisotopic (exact) mass is 1120 g/mol. The minimum atomic E-state index is -3.99. The van der Waals surface area contributed by atoms with Gasteiger partial charge in [-0.25, -0.2) is 43.8 Å². The van der Waals surface area contributed by atoms with Crippen molar-refractivity contribution in [1.82, 2.24) is 49.4 Å². The molecule has 2 fully saturated rings. The van der Waals surface area contributed by atoms with Gasteiger partial charge in [0.15, 0.2) is 58.8 Å². The number of hydrogen-bond acceptors (Lipinski definition) is 16. The van der Waals surface area contributed by atoms with Gasteiger partial charge < -0.3 is 34.3 Å². The fraction of sp³-hybridized carbons (Fsp3) is 0.232. The van der Waals surface area contributed by atoms with E-state index in [0.717, 1.165) is 16.7 Å². The van der Waals surface area contributed by atoms with E-state index in [0.29, 0.717) is 11.1 Å². The molecule has 9 aromatic rings. The number of carbonyl (C=O) groups excluding carboxylic acids is 2. The normalized spacial score (nSPS) is 21.7. The van der Waals surface area contributed by atoms with E-state index in [4.69, 9.17) is 30.3 Å². The quantitative estimate of drug-likeness (QED) is 0.0278. The van der Waals surface area contributed by atoms with Gasteiger partial charge in [0, 0.05) is 24.2 Å². The largest absolute Gasteiger partial charge is 0.387 e. The summed E-state index contributed by atoms with van der Waals surface area (Å²) in [6, 6.07) is 48.3. The molecule has 6 heterocycles. The van der Waals surface area contributed by atoms with Gasteiger partial charge in [-0.3, -0.25) is 24.0 Å². The van der Waals surface area contributed by atoms with E-state index in [-0.39, 0.29) is 60.1 Å². The minimum Gasteiger partial charge on any atom is -0.387 e. The van der Waals surface area contributed by atoms with Crippen molar-refractivity contribution < 1.29 is 42.0 Å². The van der Waals surface area contributed by atoms with Crippen molar-refractivity contribution in [3.05, 3.63) is 205 Å². The summed E-state index contributed by atoms with van der Waals surface area (Å²) < 4.78 is 62.9. The van der Waals surface area contributed by atoms with Crippen molar-refractivity contribution in [3.63, 3.8) is 0 Å². The Hall–Kier alpha value is -8.14. The molecular weight excluding hydrogens is 1070 g/mol. The van der Waals surface area contributed by atoms with Crippen molar-refractivity contribution in [1.29, 1.82) is 5.26 Å². The third kappa shape index (κ3) is 10.8. The van der Waals surface area contributed by atoms with Gasteiger partial charge in [0.25, 0.3) is 18.5 Å². The highest BCUT2D eigenvalue weighted by molar-refractivity contribution is 8.09. The van der Waals surface area contributed by atoms with Crippen LogP contribution >= 0.6 is 6.64 Å². The zero-order valence-corrected chi connectivity index (χ0v) is 43.9. The van der Waals surface area contributed by atoms with Gasteiger partial charge in [0.05, 0.1) is 37.3 Å². The second kappa shape index (κ2) is 23.7. The van der Waals surface area contributed by atoms with E-state index in [2.05, 4.69) is 50.9 Å². The Bertz CT molecular complexity index is 3610. The van der Waals surface area contributed by atoms with E-state index >= 15 is 8.78 Å². The molecule has 9 atom stereocenters. The first-order chi connectivity index (χ1) is 39.0. The lowest BCUT2D eigenvalue weighted by atomic mass is 9.77. The molecule has 2 amide bonds. The van der Waals surface area contributed by atoms with Crippen molar-refractivity contribution in [2.24, 2.45) is 0 Å². The molecule has 80 heavy (non-hydrogen) atoms. The molecular formula is C56H50F2N13O7PS. The van der Waals surface area contributed by atoms with Crippen LogP contribution in [0.15, 0.2) is 177 Å². The Balaban J connectivity index is 0.902. The average molecular weight is 1120 g/mol. The number of aromatic nitrogens is 8. The highest BCUT2D eigenvalue weighted by Gasteiger charge is 2.52. The van der Waals surface area contributed by atoms with E-state index in [1.165, 1.54) is 34.4 Å². The smallest absolute Gasteiger partial charge is 0.261 e. The Morgan fingerprint density at radius 1 is 0.650 bits per heavy atom. The molecule has 2 saturated heterocycles. The molecule has 2 aliphatic heterocycles. The fourth-order valence-corrected chi connectivity index (χ4v) is 12.2. The average Bonchev–Trinajstić information content (AvgIpc) is 4.41. The van der Waals surface area contributed by atoms with Gasteiger partial charge in [-0.15, -0.1) is 0 Å². The molecule has 406 valence electrons. The molecule has 1 unspecified atom stereocenters. The predicted molar refractivity (Wildman–Crippen MR) is 294 cm³/mol. The highest BCUT2D eigenvalue weighted by Crippen LogP contribution is 2.51. The zero-order chi connectivity index (χ0) is 55.2. The van der Waals surface area contributed by atoms with Crippen molar-refractivity contribution >= 4 is 64.2 Å². The first-order valence-corrected chi connectivity index (χ1v) is 28.0. The van der Waals surface area contributed by atoms with Crippen LogP contribution in [0.1, 0.15) is 56.3 Å². The Morgan fingerprint density at radius 2 is 1.10 bits per heavy atom. The number of halogens is 2. The van der Waals surface area contributed by atoms with Crippen molar-refractivity contribution in [2.75, 3.05) is 30.3 Å². The number of aliphatic hydroxyl groups is 1. The zero-order valence-electron chi connectivity index (χ0n) is 42.2. The molecule has 0 saturated carbocycles. The Labute approximate surface area is 461 Å². The number of benzene rings is 5. The number of aliphatic hydroxyl groups excluding tert-OH is 1. The number of imidazole rings is 2. The molecule has 5 N–H and O–H groups in total. The summed E-state index contributed by atoms with van der Waals surface area (Å²) in [7, 11) is 0. The summed E-state index contributed by atoms with van der Waals surface area (Å²) >= 11 is 6.14. The summed E-state index contributed by atoms with van der Waals surface area (Å²) in [6.45, 7) is -4.69. The van der Waals surface area contributed by atoms with Crippen LogP contribution < -0.4 is 21.0 Å². The van der Waals surface area contributed by atoms with E-state index in [1.54, 1.807) is 60.7 Å². The maximum Gasteiger partial charge on any atom is 0.261 e. The van der Waals surface area contributed by atoms with Crippen LogP contribution in [-0.2, 0) is 35.9 Å². The number of anilines is 2. The lowest BCUT2D eigenvalue weighted by Gasteiger charge is -2.38. The number of nitrogens with one attached hydrogen (secondary N) is 4. The van der Waals surface area contributed by atoms with Gasteiger partial charge in [0.2, 0.25) is 0 Å². The molecule has 24 heteroatoms. The van der Waals surface area contributed by atoms with Gasteiger partial charge in [-0.2, -0.15) is 5.26 Å². The first-order valence-electron chi connectivity index (χ1n) is 25.4. The van der Waals surface area contributed by atoms with Crippen LogP contribution in [0.5, 0.6) is 0 Å². The third-order valence-corrected chi connectivity index (χ3v) is 16.3. The minimum absolute atomic E-state index is 0.0670. The number of ether oxygens (including phenoxy) is 2. The van der Waals surface area contributed by atoms with Crippen LogP contribution in [0.4, 0.5) is 20.4 Å². The van der Waals surface area contributed by atoms with Crippen LogP contribution in [0, 0.1) is 11.3 Å². The summed E-state index contributed by atoms with van der Waals surface area (Å²) in [5, 5.41) is 33.3. The second-order valence-electron chi connectivity index (χ2n) is 18.6. The second-order valence-corrected chi connectivity index (χ2v) is 21.9. The van der Waals surface area contributed by atoms with E-state index < -0.39 is 73.2 Å². The number of nitriles is 1. The molecule has 0 bridgehead atoms. The lowest BCUT2D eigenvalue weighted by Crippen LogP contribution is -2.50. The number of alkyl halides is 2. The van der Waals surface area contributed by atoms with Crippen LogP contribution in [0.3, 0.4) is 0 Å². The van der Waals surface area contributed by atoms with Gasteiger partial charge in [-0.05, 0) is 52.8 Å². The Kier molecular flexibility index (Phi) is 15.9. The van der Waals surface area contributed by atoms with Crippen molar-refractivity contribution in [3.8, 4) is 6.07 Å². The van der Waals surface area contributed by atoms with Gasteiger partial charge >= 0.3 is 0 Å². The Morgan fingerprint density at radius 3 is 1.57 bits per heavy atom. The lowest BCUT2D eigenvalue weighted by molar-refractivity contribution is -0.0233. The van der Waals surface area contributed by atoms with E-state index in [9.17, 15) is 20.0 Å². The number of hydrogen-bond donors (Lipinski definition) is 5. The molecule has 0 spiro atoms. The van der Waals surface area contributed by atoms with Gasteiger partial charge in [-0.1, -0.05) is 127 Å². The van der Waals surface area contributed by atoms with Crippen molar-refractivity contribution in [2.45, 2.75) is 61.2 Å². The SMILES string of the molecule is N#CCCOP(=S)(NC[C@H]1O[C@@H](n2cnc3c(NC(=O)c4ccccc4)ncnc32)[C@H](F)[C@@H]1O)O[C@H]1[C@@H](F)[C@H](n2cnc3c(NC(=O)c4ccccc4)ncnc32)O[C@@H]1CNC(c1ccccc1)(c1ccccc1)c1ccccc1. The summed E-state index contributed by atoms with van der Waals surface area (Å²) in [4.78, 5) is 52.4. The maximum absolute atomic E-state index is 18.0. The number of fused-ring (bicyclic) bond motifs is 2. The summed E-state index contributed by atoms with van der Waals surface area (Å²) in [5.74, 6) is -0.765. The molecule has 11 rings (SSSR count). The third-order valence-electron chi connectivity index (χ3n) is 13.8. The predicted octanol–water partition coefficient (Wildman–Crippen LogP) is 7.71. The summed E-state index contributed by atoms with van der Waals surface area (Å²) in [5.41, 5.74) is 2.81. The number of nitrogens with zero attached hydrogens (tertiary/aromatic N) is 9. The standard InChI is InChI=1S/C56H50F2N13O7PS/c57-42-46(72)40(76-54(42)70-33-64-44-48(60-31-62-50(44)70)68-52(73)35-17-6-1-7-18-35)30-67-79(80,75-28-16-27-59)78-47-41(29-66-56(37-21-10-3-11-22-37,38-23-12-4-13-24-38)39-25-14-5-15-26-39)77-55(43(47)58)71-34-65-45-49(61-32-63-51(45)71)69-53(74)36-19-8-2-9-20-36/h1-15,17-26,31-34,40-43,46-47,54-55,66,72H,16,28-30H2,(H,67,80)(H,60,62,68,73)(H,61,63,69,74)/t40-,41-,42-,43-,46-,47-,54-,55-,79?/m1/s1. The molecule has 0 aliphatic carbocycles. The molecule has 20 nitrogen and oxygen atoms in total.